The van der Waals surface area contributed by atoms with Gasteiger partial charge in [-0.05, 0) is 43.7 Å². The molecular formula is C18H16F2N2O2. The third-order valence-electron chi connectivity index (χ3n) is 4.03. The maximum atomic E-state index is 13.6. The minimum atomic E-state index is -0.824. The van der Waals surface area contributed by atoms with Crippen LogP contribution in [0, 0.1) is 18.6 Å². The fourth-order valence-electron chi connectivity index (χ4n) is 2.70. The summed E-state index contributed by atoms with van der Waals surface area (Å²) in [5, 5.41) is 2.49. The van der Waals surface area contributed by atoms with Gasteiger partial charge >= 0.3 is 0 Å². The fourth-order valence-corrected chi connectivity index (χ4v) is 2.70. The van der Waals surface area contributed by atoms with E-state index < -0.39 is 29.1 Å². The van der Waals surface area contributed by atoms with Crippen LogP contribution < -0.4 is 10.2 Å². The van der Waals surface area contributed by atoms with Crippen molar-refractivity contribution in [3.05, 3.63) is 65.2 Å². The average Bonchev–Trinajstić information content (AvgIpc) is 2.91. The molecule has 124 valence electrons. The lowest BCUT2D eigenvalue weighted by molar-refractivity contribution is -0.118. The molecule has 2 aromatic rings. The van der Waals surface area contributed by atoms with Crippen LogP contribution in [0.25, 0.3) is 0 Å². The van der Waals surface area contributed by atoms with Crippen molar-refractivity contribution < 1.29 is 18.4 Å². The number of hydrogen-bond donors (Lipinski definition) is 1. The quantitative estimate of drug-likeness (QED) is 0.941. The molecule has 0 bridgehead atoms. The Labute approximate surface area is 138 Å². The minimum absolute atomic E-state index is 0.260. The van der Waals surface area contributed by atoms with Crippen molar-refractivity contribution in [1.82, 2.24) is 5.32 Å². The van der Waals surface area contributed by atoms with Gasteiger partial charge in [-0.25, -0.2) is 8.78 Å². The standard InChI is InChI=1S/C18H16F2N2O2/c1-11-2-5-13(6-3-11)22-9-8-16(18(22)24)21-17(23)14-10-12(19)4-7-15(14)20/h2-7,10,16H,8-9H2,1H3,(H,21,23)/t16-/m1/s1. The number of nitrogens with zero attached hydrogens (tertiary/aromatic N) is 1. The number of aryl methyl sites for hydroxylation is 1. The molecule has 1 fully saturated rings. The molecule has 0 unspecified atom stereocenters. The topological polar surface area (TPSA) is 49.4 Å². The monoisotopic (exact) mass is 330 g/mol. The smallest absolute Gasteiger partial charge is 0.255 e. The summed E-state index contributed by atoms with van der Waals surface area (Å²) < 4.78 is 26.8. The number of amides is 2. The molecule has 1 heterocycles. The van der Waals surface area contributed by atoms with E-state index in [0.717, 1.165) is 29.4 Å². The van der Waals surface area contributed by atoms with Crippen LogP contribution in [-0.2, 0) is 4.79 Å². The maximum Gasteiger partial charge on any atom is 0.255 e. The lowest BCUT2D eigenvalue weighted by Crippen LogP contribution is -2.41. The Kier molecular flexibility index (Phi) is 4.29. The van der Waals surface area contributed by atoms with Gasteiger partial charge < -0.3 is 10.2 Å². The molecule has 6 heteroatoms. The molecule has 0 aromatic heterocycles. The van der Waals surface area contributed by atoms with E-state index in [1.165, 1.54) is 0 Å². The number of carbonyl (C=O) groups is 2. The summed E-state index contributed by atoms with van der Waals surface area (Å²) in [6, 6.07) is 9.37. The molecule has 0 spiro atoms. The van der Waals surface area contributed by atoms with Crippen LogP contribution in [0.1, 0.15) is 22.3 Å². The van der Waals surface area contributed by atoms with Gasteiger partial charge in [0.1, 0.15) is 17.7 Å². The predicted molar refractivity (Wildman–Crippen MR) is 85.8 cm³/mol. The number of rotatable bonds is 3. The van der Waals surface area contributed by atoms with Gasteiger partial charge in [-0.3, -0.25) is 9.59 Å². The van der Waals surface area contributed by atoms with Crippen LogP contribution in [-0.4, -0.2) is 24.4 Å². The van der Waals surface area contributed by atoms with Gasteiger partial charge in [0, 0.05) is 12.2 Å². The largest absolute Gasteiger partial charge is 0.340 e. The van der Waals surface area contributed by atoms with Crippen molar-refractivity contribution in [3.63, 3.8) is 0 Å². The Balaban J connectivity index is 1.72. The summed E-state index contributed by atoms with van der Waals surface area (Å²) in [5.74, 6) is -2.59. The fraction of sp³-hybridized carbons (Fsp3) is 0.222. The second-order valence-electron chi connectivity index (χ2n) is 5.76. The number of halogens is 2. The molecule has 1 aliphatic rings. The van der Waals surface area contributed by atoms with Crippen molar-refractivity contribution in [1.29, 1.82) is 0 Å². The summed E-state index contributed by atoms with van der Waals surface area (Å²) in [6.07, 6.45) is 0.412. The molecular weight excluding hydrogens is 314 g/mol. The minimum Gasteiger partial charge on any atom is -0.340 e. The second-order valence-corrected chi connectivity index (χ2v) is 5.76. The molecule has 0 saturated carbocycles. The Morgan fingerprint density at radius 1 is 1.17 bits per heavy atom. The van der Waals surface area contributed by atoms with E-state index in [9.17, 15) is 18.4 Å². The van der Waals surface area contributed by atoms with Gasteiger partial charge in [0.05, 0.1) is 5.56 Å². The first-order valence-corrected chi connectivity index (χ1v) is 7.59. The molecule has 2 aromatic carbocycles. The van der Waals surface area contributed by atoms with E-state index in [0.29, 0.717) is 13.0 Å². The highest BCUT2D eigenvalue weighted by molar-refractivity contribution is 6.04. The van der Waals surface area contributed by atoms with Crippen molar-refractivity contribution in [2.75, 3.05) is 11.4 Å². The molecule has 0 radical (unpaired) electrons. The molecule has 2 amide bonds. The Bertz CT molecular complexity index is 790. The molecule has 0 aliphatic carbocycles. The maximum absolute atomic E-state index is 13.6. The van der Waals surface area contributed by atoms with Gasteiger partial charge in [0.2, 0.25) is 5.91 Å². The van der Waals surface area contributed by atoms with Crippen molar-refractivity contribution in [2.24, 2.45) is 0 Å². The first-order chi connectivity index (χ1) is 11.5. The van der Waals surface area contributed by atoms with Crippen molar-refractivity contribution in [3.8, 4) is 0 Å². The zero-order chi connectivity index (χ0) is 17.3. The van der Waals surface area contributed by atoms with E-state index >= 15 is 0 Å². The highest BCUT2D eigenvalue weighted by atomic mass is 19.1. The van der Waals surface area contributed by atoms with Crippen LogP contribution in [0.4, 0.5) is 14.5 Å². The number of benzene rings is 2. The number of hydrogen-bond acceptors (Lipinski definition) is 2. The number of anilines is 1. The normalized spacial score (nSPS) is 17.2. The van der Waals surface area contributed by atoms with E-state index in [4.69, 9.17) is 0 Å². The summed E-state index contributed by atoms with van der Waals surface area (Å²) in [7, 11) is 0. The van der Waals surface area contributed by atoms with E-state index in [1.807, 2.05) is 31.2 Å². The first-order valence-electron chi connectivity index (χ1n) is 7.59. The van der Waals surface area contributed by atoms with Crippen LogP contribution in [0.5, 0.6) is 0 Å². The van der Waals surface area contributed by atoms with E-state index in [-0.39, 0.29) is 5.91 Å². The molecule has 1 saturated heterocycles. The average molecular weight is 330 g/mol. The molecule has 1 aliphatic heterocycles. The first kappa shape index (κ1) is 16.1. The Hall–Kier alpha value is -2.76. The molecule has 3 rings (SSSR count). The van der Waals surface area contributed by atoms with Crippen molar-refractivity contribution in [2.45, 2.75) is 19.4 Å². The van der Waals surface area contributed by atoms with Gasteiger partial charge in [-0.1, -0.05) is 17.7 Å². The summed E-state index contributed by atoms with van der Waals surface area (Å²) >= 11 is 0. The lowest BCUT2D eigenvalue weighted by atomic mass is 10.1. The molecule has 1 atom stereocenters. The van der Waals surface area contributed by atoms with Crippen LogP contribution in [0.15, 0.2) is 42.5 Å². The Morgan fingerprint density at radius 2 is 1.88 bits per heavy atom. The zero-order valence-electron chi connectivity index (χ0n) is 13.1. The SMILES string of the molecule is Cc1ccc(N2CC[C@@H](NC(=O)c3cc(F)ccc3F)C2=O)cc1. The predicted octanol–water partition coefficient (Wildman–Crippen LogP) is 2.81. The zero-order valence-corrected chi connectivity index (χ0v) is 13.1. The molecule has 1 N–H and O–H groups in total. The second kappa shape index (κ2) is 6.39. The van der Waals surface area contributed by atoms with Gasteiger partial charge in [-0.2, -0.15) is 0 Å². The number of nitrogens with one attached hydrogen (secondary N) is 1. The van der Waals surface area contributed by atoms with Crippen LogP contribution in [0.2, 0.25) is 0 Å². The van der Waals surface area contributed by atoms with Gasteiger partial charge in [-0.15, -0.1) is 0 Å². The third kappa shape index (κ3) is 3.13. The van der Waals surface area contributed by atoms with Crippen molar-refractivity contribution >= 4 is 17.5 Å². The van der Waals surface area contributed by atoms with E-state index in [2.05, 4.69) is 5.32 Å². The lowest BCUT2D eigenvalue weighted by Gasteiger charge is -2.17. The summed E-state index contributed by atoms with van der Waals surface area (Å²) in [5.41, 5.74) is 1.42. The Morgan fingerprint density at radius 3 is 2.58 bits per heavy atom. The highest BCUT2D eigenvalue weighted by Crippen LogP contribution is 2.22. The van der Waals surface area contributed by atoms with Crippen LogP contribution >= 0.6 is 0 Å². The summed E-state index contributed by atoms with van der Waals surface area (Å²) in [6.45, 7) is 2.41. The van der Waals surface area contributed by atoms with Gasteiger partial charge in [0.15, 0.2) is 0 Å². The van der Waals surface area contributed by atoms with Gasteiger partial charge in [0.25, 0.3) is 5.91 Å². The molecule has 4 nitrogen and oxygen atoms in total. The van der Waals surface area contributed by atoms with Crippen LogP contribution in [0.3, 0.4) is 0 Å². The number of carbonyl (C=O) groups excluding carboxylic acids is 2. The van der Waals surface area contributed by atoms with E-state index in [1.54, 1.807) is 4.90 Å². The molecule has 24 heavy (non-hydrogen) atoms. The summed E-state index contributed by atoms with van der Waals surface area (Å²) in [4.78, 5) is 26.1. The third-order valence-corrected chi connectivity index (χ3v) is 4.03. The highest BCUT2D eigenvalue weighted by Gasteiger charge is 2.34.